The van der Waals surface area contributed by atoms with Gasteiger partial charge in [0.2, 0.25) is 0 Å². The van der Waals surface area contributed by atoms with Crippen molar-refractivity contribution in [2.24, 2.45) is 0 Å². The van der Waals surface area contributed by atoms with Crippen molar-refractivity contribution in [2.45, 2.75) is 83.0 Å². The molecule has 0 bridgehead atoms. The van der Waals surface area contributed by atoms with E-state index in [9.17, 15) is 29.4 Å². The van der Waals surface area contributed by atoms with Gasteiger partial charge in [0.1, 0.15) is 11.3 Å². The van der Waals surface area contributed by atoms with E-state index >= 15 is 0 Å². The smallest absolute Gasteiger partial charge is 0.407 e. The monoisotopic (exact) mass is 701 g/mol. The van der Waals surface area contributed by atoms with Crippen LogP contribution >= 0.6 is 11.3 Å². The van der Waals surface area contributed by atoms with Gasteiger partial charge in [-0.3, -0.25) is 14.4 Å². The fourth-order valence-corrected chi connectivity index (χ4v) is 7.40. The van der Waals surface area contributed by atoms with E-state index in [-0.39, 0.29) is 41.4 Å². The number of hydrogen-bond acceptors (Lipinski definition) is 8. The molecular weight excluding hydrogens is 655 g/mol. The highest BCUT2D eigenvalue weighted by Gasteiger charge is 2.30. The van der Waals surface area contributed by atoms with Crippen LogP contribution in [-0.2, 0) is 24.2 Å². The van der Waals surface area contributed by atoms with Crippen LogP contribution < -0.4 is 20.8 Å². The number of H-pyrrole nitrogens is 1. The van der Waals surface area contributed by atoms with Crippen molar-refractivity contribution in [3.8, 4) is 5.75 Å². The van der Waals surface area contributed by atoms with E-state index in [2.05, 4.69) is 20.9 Å². The molecule has 3 aromatic carbocycles. The lowest BCUT2D eigenvalue weighted by molar-refractivity contribution is -0.123. The predicted molar refractivity (Wildman–Crippen MR) is 196 cm³/mol. The fraction of sp³-hybridized carbons (Fsp3) is 0.421. The molecule has 0 spiro atoms. The first-order valence-corrected chi connectivity index (χ1v) is 18.3. The second-order valence-electron chi connectivity index (χ2n) is 13.0. The Bertz CT molecular complexity index is 1780. The summed E-state index contributed by atoms with van der Waals surface area (Å²) in [5.74, 6) is -0.268. The minimum absolute atomic E-state index is 0.00488. The van der Waals surface area contributed by atoms with Gasteiger partial charge in [-0.2, -0.15) is 0 Å². The maximum Gasteiger partial charge on any atom is 0.407 e. The number of fused-ring (bicyclic) bond motifs is 1. The number of carboxylic acid groups (broad SMARTS) is 1. The van der Waals surface area contributed by atoms with Gasteiger partial charge in [-0.05, 0) is 74.0 Å². The third kappa shape index (κ3) is 10.3. The molecule has 1 unspecified atom stereocenters. The van der Waals surface area contributed by atoms with Gasteiger partial charge in [-0.1, -0.05) is 85.6 Å². The maximum absolute atomic E-state index is 13.9. The number of thiazole rings is 1. The van der Waals surface area contributed by atoms with Crippen LogP contribution in [0.4, 0.5) is 4.79 Å². The van der Waals surface area contributed by atoms with Gasteiger partial charge in [0.25, 0.3) is 5.91 Å². The largest absolute Gasteiger partial charge is 0.506 e. The third-order valence-corrected chi connectivity index (χ3v) is 10.4. The molecule has 4 aromatic rings. The van der Waals surface area contributed by atoms with Crippen LogP contribution in [0.1, 0.15) is 72.5 Å². The Labute approximate surface area is 296 Å². The second kappa shape index (κ2) is 17.9. The molecule has 5 rings (SSSR count). The number of aromatic hydroxyl groups is 1. The Morgan fingerprint density at radius 2 is 1.66 bits per heavy atom. The van der Waals surface area contributed by atoms with Crippen LogP contribution in [0.5, 0.6) is 5.75 Å². The number of hydrogen-bond donors (Lipinski definition) is 6. The first-order valence-electron chi connectivity index (χ1n) is 17.4. The van der Waals surface area contributed by atoms with Crippen molar-refractivity contribution in [3.63, 3.8) is 0 Å². The molecule has 1 aliphatic rings. The molecule has 2 atom stereocenters. The predicted octanol–water partition coefficient (Wildman–Crippen LogP) is 5.22. The minimum atomic E-state index is -1.12. The molecule has 11 nitrogen and oxygen atoms in total. The van der Waals surface area contributed by atoms with Crippen molar-refractivity contribution >= 4 is 39.3 Å². The maximum atomic E-state index is 13.9. The zero-order valence-electron chi connectivity index (χ0n) is 28.5. The summed E-state index contributed by atoms with van der Waals surface area (Å²) in [4.78, 5) is 54.6. The summed E-state index contributed by atoms with van der Waals surface area (Å²) in [5, 5.41) is 30.2. The highest BCUT2D eigenvalue weighted by Crippen LogP contribution is 2.28. The molecule has 1 aromatic heterocycles. The number of amides is 2. The van der Waals surface area contributed by atoms with Crippen LogP contribution in [-0.4, -0.2) is 75.6 Å². The lowest BCUT2D eigenvalue weighted by atomic mass is 10.0. The van der Waals surface area contributed by atoms with Gasteiger partial charge in [0.15, 0.2) is 5.78 Å². The zero-order valence-corrected chi connectivity index (χ0v) is 29.3. The molecule has 1 aliphatic carbocycles. The molecule has 2 amide bonds. The van der Waals surface area contributed by atoms with Gasteiger partial charge in [-0.15, -0.1) is 0 Å². The lowest BCUT2D eigenvalue weighted by Gasteiger charge is -2.30. The summed E-state index contributed by atoms with van der Waals surface area (Å²) in [6.07, 6.45) is 6.18. The van der Waals surface area contributed by atoms with Crippen LogP contribution in [0.2, 0.25) is 0 Å². The molecule has 1 heterocycles. The first-order chi connectivity index (χ1) is 24.2. The normalized spacial score (nSPS) is 14.9. The van der Waals surface area contributed by atoms with E-state index < -0.39 is 18.2 Å². The highest BCUT2D eigenvalue weighted by molar-refractivity contribution is 7.16. The number of nitrogens with one attached hydrogen (secondary N) is 4. The van der Waals surface area contributed by atoms with Crippen LogP contribution in [0.3, 0.4) is 0 Å². The number of benzene rings is 3. The zero-order chi connectivity index (χ0) is 35.5. The van der Waals surface area contributed by atoms with Crippen molar-refractivity contribution in [3.05, 3.63) is 98.7 Å². The molecule has 0 radical (unpaired) electrons. The standard InChI is InChI=1S/C38H47N5O6S/c1-25(39-21-19-26-13-15-29(16-14-26)36(46)40-23-27-9-5-4-6-10-27)34(45)31(41-30-11-7-2-3-8-12-30)24-43(38(48)49)22-20-28-17-18-32(44)33-35(28)50-37(47)42-33/h4-6,9-10,13-18,25,30-31,39,41,44H,2-3,7-8,11-12,19-24H2,1H3,(H,40,46)(H,42,47)(H,48,49)/t25-,31?/m0/s1. The molecule has 1 saturated carbocycles. The van der Waals surface area contributed by atoms with E-state index in [1.807, 2.05) is 49.4 Å². The summed E-state index contributed by atoms with van der Waals surface area (Å²) in [6.45, 7) is 2.92. The number of phenols is 1. The average Bonchev–Trinajstić information content (AvgIpc) is 3.34. The number of carbonyl (C=O) groups excluding carboxylic acids is 2. The summed E-state index contributed by atoms with van der Waals surface area (Å²) in [6, 6.07) is 19.3. The summed E-state index contributed by atoms with van der Waals surface area (Å²) in [5.41, 5.74) is 3.74. The van der Waals surface area contributed by atoms with E-state index in [4.69, 9.17) is 0 Å². The Kier molecular flexibility index (Phi) is 13.2. The number of carbonyl (C=O) groups is 3. The average molecular weight is 702 g/mol. The molecule has 6 N–H and O–H groups in total. The van der Waals surface area contributed by atoms with Crippen molar-refractivity contribution in [1.82, 2.24) is 25.8 Å². The Morgan fingerprint density at radius 1 is 0.940 bits per heavy atom. The van der Waals surface area contributed by atoms with Gasteiger partial charge in [0, 0.05) is 31.2 Å². The van der Waals surface area contributed by atoms with Crippen molar-refractivity contribution in [1.29, 1.82) is 0 Å². The summed E-state index contributed by atoms with van der Waals surface area (Å²) < 4.78 is 0.600. The number of ketones is 1. The molecule has 0 saturated heterocycles. The van der Waals surface area contributed by atoms with E-state index in [0.717, 1.165) is 66.6 Å². The first kappa shape index (κ1) is 36.8. The summed E-state index contributed by atoms with van der Waals surface area (Å²) >= 11 is 0.980. The Balaban J connectivity index is 1.18. The quantitative estimate of drug-likeness (QED) is 0.0867. The molecule has 266 valence electrons. The van der Waals surface area contributed by atoms with Crippen molar-refractivity contribution in [2.75, 3.05) is 19.6 Å². The van der Waals surface area contributed by atoms with E-state index in [1.165, 1.54) is 11.0 Å². The Hall–Kier alpha value is -4.52. The van der Waals surface area contributed by atoms with E-state index in [0.29, 0.717) is 41.7 Å². The molecule has 12 heteroatoms. The molecular formula is C38H47N5O6S. The van der Waals surface area contributed by atoms with Crippen LogP contribution in [0.25, 0.3) is 10.2 Å². The number of aromatic amines is 1. The van der Waals surface area contributed by atoms with E-state index in [1.54, 1.807) is 18.2 Å². The number of rotatable bonds is 16. The second-order valence-corrected chi connectivity index (χ2v) is 14.0. The SMILES string of the molecule is C[C@H](NCCc1ccc(C(=O)NCc2ccccc2)cc1)C(=O)C(CN(CCc1ccc(O)c2[nH]c(=O)sc12)C(=O)O)NC1CCCCCC1. The van der Waals surface area contributed by atoms with Crippen LogP contribution in [0.15, 0.2) is 71.5 Å². The number of nitrogens with zero attached hydrogens (tertiary/aromatic N) is 1. The summed E-state index contributed by atoms with van der Waals surface area (Å²) in [7, 11) is 0. The number of Topliss-reactive ketones (excluding diaryl/α,β-unsaturated/α-hetero) is 1. The Morgan fingerprint density at radius 3 is 2.36 bits per heavy atom. The topological polar surface area (TPSA) is 164 Å². The van der Waals surface area contributed by atoms with Gasteiger partial charge in [-0.25, -0.2) is 4.79 Å². The lowest BCUT2D eigenvalue weighted by Crippen LogP contribution is -2.55. The van der Waals surface area contributed by atoms with Gasteiger partial charge in [0.05, 0.1) is 16.8 Å². The highest BCUT2D eigenvalue weighted by atomic mass is 32.1. The molecule has 1 fully saturated rings. The van der Waals surface area contributed by atoms with Gasteiger partial charge >= 0.3 is 11.0 Å². The molecule has 0 aliphatic heterocycles. The number of phenolic OH excluding ortho intramolecular Hbond substituents is 1. The van der Waals surface area contributed by atoms with Crippen LogP contribution in [0, 0.1) is 0 Å². The number of aromatic nitrogens is 1. The molecule has 50 heavy (non-hydrogen) atoms. The van der Waals surface area contributed by atoms with Crippen molar-refractivity contribution < 1.29 is 24.6 Å². The third-order valence-electron chi connectivity index (χ3n) is 9.40. The van der Waals surface area contributed by atoms with Gasteiger partial charge < -0.3 is 36.0 Å². The fourth-order valence-electron chi connectivity index (χ4n) is 6.50. The minimum Gasteiger partial charge on any atom is -0.506 e.